The fourth-order valence-electron chi connectivity index (χ4n) is 1.75. The summed E-state index contributed by atoms with van der Waals surface area (Å²) in [6.45, 7) is 6.66. The van der Waals surface area contributed by atoms with Crippen LogP contribution in [0.15, 0.2) is 24.3 Å². The van der Waals surface area contributed by atoms with Crippen LogP contribution < -0.4 is 0 Å². The lowest BCUT2D eigenvalue weighted by Gasteiger charge is -2.16. The van der Waals surface area contributed by atoms with E-state index >= 15 is 0 Å². The molecule has 0 saturated carbocycles. The van der Waals surface area contributed by atoms with Crippen LogP contribution in [0.4, 0.5) is 0 Å². The third kappa shape index (κ3) is 2.17. The zero-order valence-electron chi connectivity index (χ0n) is 9.36. The number of benzene rings is 1. The minimum absolute atomic E-state index is 0.255. The lowest BCUT2D eigenvalue weighted by Crippen LogP contribution is -2.09. The summed E-state index contributed by atoms with van der Waals surface area (Å²) in [5.74, 6) is 0. The molecule has 80 valence electrons. The predicted octanol–water partition coefficient (Wildman–Crippen LogP) is 3.32. The van der Waals surface area contributed by atoms with Crippen LogP contribution in [0.1, 0.15) is 26.5 Å². The summed E-state index contributed by atoms with van der Waals surface area (Å²) in [7, 11) is 0. The molecule has 2 rings (SSSR count). The molecule has 0 aliphatic rings. The van der Waals surface area contributed by atoms with Gasteiger partial charge in [-0.15, -0.1) is 0 Å². The van der Waals surface area contributed by atoms with E-state index < -0.39 is 0 Å². The van der Waals surface area contributed by atoms with Gasteiger partial charge in [-0.1, -0.05) is 39.0 Å². The maximum absolute atomic E-state index is 4.46. The van der Waals surface area contributed by atoms with Crippen molar-refractivity contribution >= 4 is 23.7 Å². The molecule has 0 spiro atoms. The van der Waals surface area contributed by atoms with Gasteiger partial charge in [0.25, 0.3) is 0 Å². The van der Waals surface area contributed by atoms with E-state index in [0.29, 0.717) is 0 Å². The lowest BCUT2D eigenvalue weighted by atomic mass is 9.89. The number of fused-ring (bicyclic) bond motifs is 1. The van der Waals surface area contributed by atoms with Gasteiger partial charge in [0.15, 0.2) is 0 Å². The molecule has 0 aliphatic carbocycles. The van der Waals surface area contributed by atoms with Crippen LogP contribution in [0.5, 0.6) is 0 Å². The largest absolute Gasteiger partial charge is 0.209 e. The average Bonchev–Trinajstić information content (AvgIpc) is 2.42. The van der Waals surface area contributed by atoms with E-state index in [4.69, 9.17) is 0 Å². The minimum atomic E-state index is 0.255. The molecule has 0 atom stereocenters. The standard InChI is InChI=1S/C12H16N2S/c1-12(2,3)8-10-9-6-4-5-7-11(9)14(15)13-10/h4-7,15H,8H2,1-3H3. The van der Waals surface area contributed by atoms with E-state index in [1.54, 1.807) is 4.09 Å². The Morgan fingerprint density at radius 2 is 1.93 bits per heavy atom. The summed E-state index contributed by atoms with van der Waals surface area (Å²) in [5, 5.41) is 5.67. The molecule has 0 saturated heterocycles. The summed E-state index contributed by atoms with van der Waals surface area (Å²) >= 11 is 4.33. The van der Waals surface area contributed by atoms with Gasteiger partial charge in [-0.3, -0.25) is 0 Å². The Bertz CT molecular complexity index is 480. The number of thiol groups is 1. The van der Waals surface area contributed by atoms with Crippen molar-refractivity contribution in [2.24, 2.45) is 5.41 Å². The first-order chi connectivity index (χ1) is 6.97. The summed E-state index contributed by atoms with van der Waals surface area (Å²) in [6, 6.07) is 8.21. The van der Waals surface area contributed by atoms with Crippen LogP contribution >= 0.6 is 12.8 Å². The van der Waals surface area contributed by atoms with Crippen LogP contribution in [0.2, 0.25) is 0 Å². The molecular formula is C12H16N2S. The quantitative estimate of drug-likeness (QED) is 0.730. The zero-order valence-corrected chi connectivity index (χ0v) is 10.3. The Hall–Kier alpha value is -0.960. The highest BCUT2D eigenvalue weighted by Crippen LogP contribution is 2.26. The first-order valence-corrected chi connectivity index (χ1v) is 5.53. The highest BCUT2D eigenvalue weighted by Gasteiger charge is 2.16. The molecule has 1 aromatic carbocycles. The summed E-state index contributed by atoms with van der Waals surface area (Å²) in [4.78, 5) is 0. The van der Waals surface area contributed by atoms with Crippen LogP contribution in [-0.4, -0.2) is 9.19 Å². The molecule has 2 nitrogen and oxygen atoms in total. The molecular weight excluding hydrogens is 204 g/mol. The van der Waals surface area contributed by atoms with Crippen molar-refractivity contribution < 1.29 is 0 Å². The summed E-state index contributed by atoms with van der Waals surface area (Å²) in [5.41, 5.74) is 2.47. The average molecular weight is 220 g/mol. The number of para-hydroxylation sites is 1. The molecule has 3 heteroatoms. The second-order valence-electron chi connectivity index (χ2n) is 5.09. The molecule has 0 fully saturated rings. The highest BCUT2D eigenvalue weighted by atomic mass is 32.1. The maximum Gasteiger partial charge on any atom is 0.0811 e. The van der Waals surface area contributed by atoms with Crippen molar-refractivity contribution in [1.82, 2.24) is 9.19 Å². The van der Waals surface area contributed by atoms with Gasteiger partial charge in [0.1, 0.15) is 0 Å². The van der Waals surface area contributed by atoms with Gasteiger partial charge in [-0.25, -0.2) is 4.09 Å². The Morgan fingerprint density at radius 3 is 2.60 bits per heavy atom. The monoisotopic (exact) mass is 220 g/mol. The number of nitrogens with zero attached hydrogens (tertiary/aromatic N) is 2. The maximum atomic E-state index is 4.46. The minimum Gasteiger partial charge on any atom is -0.209 e. The molecule has 0 bridgehead atoms. The zero-order chi connectivity index (χ0) is 11.1. The van der Waals surface area contributed by atoms with Crippen LogP contribution in [0.3, 0.4) is 0 Å². The van der Waals surface area contributed by atoms with Crippen molar-refractivity contribution in [1.29, 1.82) is 0 Å². The summed E-state index contributed by atoms with van der Waals surface area (Å²) in [6.07, 6.45) is 0.973. The van der Waals surface area contributed by atoms with Crippen LogP contribution in [-0.2, 0) is 6.42 Å². The Labute approximate surface area is 95.8 Å². The number of hydrogen-bond donors (Lipinski definition) is 1. The Balaban J connectivity index is 2.53. The van der Waals surface area contributed by atoms with Crippen LogP contribution in [0, 0.1) is 5.41 Å². The van der Waals surface area contributed by atoms with E-state index in [1.165, 1.54) is 5.39 Å². The second-order valence-corrected chi connectivity index (χ2v) is 5.47. The van der Waals surface area contributed by atoms with Crippen molar-refractivity contribution in [2.75, 3.05) is 0 Å². The molecule has 0 aliphatic heterocycles. The van der Waals surface area contributed by atoms with E-state index in [-0.39, 0.29) is 5.41 Å². The summed E-state index contributed by atoms with van der Waals surface area (Å²) < 4.78 is 1.66. The number of hydrogen-bond acceptors (Lipinski definition) is 2. The first kappa shape index (κ1) is 10.6. The lowest BCUT2D eigenvalue weighted by molar-refractivity contribution is 0.407. The number of rotatable bonds is 1. The molecule has 1 aromatic heterocycles. The van der Waals surface area contributed by atoms with Gasteiger partial charge in [0, 0.05) is 5.39 Å². The Kier molecular flexibility index (Phi) is 2.51. The fraction of sp³-hybridized carbons (Fsp3) is 0.417. The van der Waals surface area contributed by atoms with Crippen molar-refractivity contribution in [3.8, 4) is 0 Å². The van der Waals surface area contributed by atoms with Gasteiger partial charge in [-0.05, 0) is 30.7 Å². The smallest absolute Gasteiger partial charge is 0.0811 e. The molecule has 0 radical (unpaired) electrons. The first-order valence-electron chi connectivity index (χ1n) is 5.13. The Morgan fingerprint density at radius 1 is 1.27 bits per heavy atom. The molecule has 0 unspecified atom stereocenters. The van der Waals surface area contributed by atoms with E-state index in [1.807, 2.05) is 18.2 Å². The van der Waals surface area contributed by atoms with Crippen molar-refractivity contribution in [3.05, 3.63) is 30.0 Å². The normalized spacial score (nSPS) is 12.3. The van der Waals surface area contributed by atoms with E-state index in [0.717, 1.165) is 17.6 Å². The molecule has 2 aromatic rings. The van der Waals surface area contributed by atoms with Gasteiger partial charge < -0.3 is 0 Å². The third-order valence-corrected chi connectivity index (χ3v) is 2.65. The SMILES string of the molecule is CC(C)(C)Cc1nn(S)c2ccccc12. The molecule has 0 amide bonds. The van der Waals surface area contributed by atoms with E-state index in [9.17, 15) is 0 Å². The second kappa shape index (κ2) is 3.56. The molecule has 0 N–H and O–H groups in total. The van der Waals surface area contributed by atoms with Gasteiger partial charge in [0.05, 0.1) is 11.2 Å². The van der Waals surface area contributed by atoms with Gasteiger partial charge in [-0.2, -0.15) is 5.10 Å². The topological polar surface area (TPSA) is 17.8 Å². The van der Waals surface area contributed by atoms with Crippen molar-refractivity contribution in [2.45, 2.75) is 27.2 Å². The van der Waals surface area contributed by atoms with Crippen LogP contribution in [0.25, 0.3) is 10.9 Å². The van der Waals surface area contributed by atoms with Gasteiger partial charge in [0.2, 0.25) is 0 Å². The molecule has 1 heterocycles. The third-order valence-electron chi connectivity index (χ3n) is 2.34. The highest BCUT2D eigenvalue weighted by molar-refractivity contribution is 7.78. The number of aromatic nitrogens is 2. The van der Waals surface area contributed by atoms with E-state index in [2.05, 4.69) is 44.8 Å². The van der Waals surface area contributed by atoms with Crippen molar-refractivity contribution in [3.63, 3.8) is 0 Å². The predicted molar refractivity (Wildman–Crippen MR) is 67.3 cm³/mol. The fourth-order valence-corrected chi connectivity index (χ4v) is 2.03. The van der Waals surface area contributed by atoms with Gasteiger partial charge >= 0.3 is 0 Å². The molecule has 15 heavy (non-hydrogen) atoms.